The Balaban J connectivity index is 2.23. The number of hydrogen-bond donors (Lipinski definition) is 4. The SMILES string of the molecule is CCCCCCCCCCCCN(C(=O)CCCCCCCCCCC)[C@@H]1O[C@H](CO)[C@@H](O)[C@H](O)[C@H]1N(C(=O)CN)C(=O)OCc1ccccc1. The highest BCUT2D eigenvalue weighted by atomic mass is 16.6. The molecule has 11 heteroatoms. The Morgan fingerprint density at radius 3 is 1.75 bits per heavy atom. The maximum absolute atomic E-state index is 14.0. The highest BCUT2D eigenvalue weighted by Crippen LogP contribution is 2.30. The molecule has 1 aromatic carbocycles. The van der Waals surface area contributed by atoms with Gasteiger partial charge in [-0.05, 0) is 18.4 Å². The lowest BCUT2D eigenvalue weighted by atomic mass is 9.93. The number of aliphatic hydroxyl groups excluding tert-OH is 3. The summed E-state index contributed by atoms with van der Waals surface area (Å²) < 4.78 is 11.6. The Bertz CT molecular complexity index is 1080. The molecule has 0 unspecified atom stereocenters. The molecule has 1 heterocycles. The number of hydrogen-bond acceptors (Lipinski definition) is 9. The van der Waals surface area contributed by atoms with Crippen molar-refractivity contribution in [2.24, 2.45) is 5.73 Å². The van der Waals surface area contributed by atoms with Crippen LogP contribution in [0.5, 0.6) is 0 Å². The smallest absolute Gasteiger partial charge is 0.417 e. The molecule has 0 saturated carbocycles. The van der Waals surface area contributed by atoms with Gasteiger partial charge in [0.25, 0.3) is 0 Å². The number of unbranched alkanes of at least 4 members (excludes halogenated alkanes) is 17. The first-order chi connectivity index (χ1) is 24.8. The van der Waals surface area contributed by atoms with Crippen LogP contribution in [0.3, 0.4) is 0 Å². The lowest BCUT2D eigenvalue weighted by Gasteiger charge is -2.49. The van der Waals surface area contributed by atoms with Gasteiger partial charge in [-0.1, -0.05) is 153 Å². The Kier molecular flexibility index (Phi) is 23.7. The fourth-order valence-electron chi connectivity index (χ4n) is 6.79. The van der Waals surface area contributed by atoms with Crippen LogP contribution in [0.1, 0.15) is 148 Å². The number of amides is 3. The fourth-order valence-corrected chi connectivity index (χ4v) is 6.79. The molecule has 1 aromatic rings. The second kappa shape index (κ2) is 27.1. The third kappa shape index (κ3) is 16.3. The molecule has 1 aliphatic rings. The summed E-state index contributed by atoms with van der Waals surface area (Å²) in [6.07, 6.45) is 14.1. The predicted octanol–water partition coefficient (Wildman–Crippen LogP) is 6.59. The summed E-state index contributed by atoms with van der Waals surface area (Å²) in [6, 6.07) is 7.41. The predicted molar refractivity (Wildman–Crippen MR) is 199 cm³/mol. The van der Waals surface area contributed by atoms with Crippen molar-refractivity contribution in [2.75, 3.05) is 19.7 Å². The number of imide groups is 1. The number of aliphatic hydroxyl groups is 3. The van der Waals surface area contributed by atoms with Crippen LogP contribution in [0.2, 0.25) is 0 Å². The maximum Gasteiger partial charge on any atom is 0.417 e. The van der Waals surface area contributed by atoms with Crippen LogP contribution in [0, 0.1) is 0 Å². The van der Waals surface area contributed by atoms with E-state index >= 15 is 0 Å². The van der Waals surface area contributed by atoms with Gasteiger partial charge in [-0.3, -0.25) is 9.59 Å². The van der Waals surface area contributed by atoms with Gasteiger partial charge in [0.05, 0.1) is 13.2 Å². The molecular formula is C40H69N3O8. The summed E-state index contributed by atoms with van der Waals surface area (Å²) in [7, 11) is 0. The van der Waals surface area contributed by atoms with Crippen molar-refractivity contribution in [3.8, 4) is 0 Å². The Morgan fingerprint density at radius 1 is 0.725 bits per heavy atom. The van der Waals surface area contributed by atoms with Crippen LogP contribution >= 0.6 is 0 Å². The number of benzene rings is 1. The van der Waals surface area contributed by atoms with E-state index in [-0.39, 0.29) is 25.5 Å². The normalized spacial score (nSPS) is 20.2. The average Bonchev–Trinajstić information content (AvgIpc) is 3.14. The van der Waals surface area contributed by atoms with Crippen molar-refractivity contribution in [1.82, 2.24) is 9.80 Å². The van der Waals surface area contributed by atoms with Gasteiger partial charge >= 0.3 is 6.09 Å². The minimum absolute atomic E-state index is 0.149. The number of nitrogens with zero attached hydrogens (tertiary/aromatic N) is 2. The second-order valence-corrected chi connectivity index (χ2v) is 14.1. The molecule has 0 bridgehead atoms. The molecular weight excluding hydrogens is 650 g/mol. The molecule has 292 valence electrons. The van der Waals surface area contributed by atoms with Gasteiger partial charge in [-0.15, -0.1) is 0 Å². The number of carbonyl (C=O) groups is 3. The summed E-state index contributed by atoms with van der Waals surface area (Å²) in [5.74, 6) is -1.09. The third-order valence-corrected chi connectivity index (χ3v) is 9.88. The molecule has 1 saturated heterocycles. The Morgan fingerprint density at radius 2 is 1.24 bits per heavy atom. The summed E-state index contributed by atoms with van der Waals surface area (Å²) >= 11 is 0. The molecule has 0 spiro atoms. The van der Waals surface area contributed by atoms with E-state index in [0.717, 1.165) is 38.5 Å². The van der Waals surface area contributed by atoms with Gasteiger partial charge < -0.3 is 35.4 Å². The minimum atomic E-state index is -1.74. The van der Waals surface area contributed by atoms with E-state index in [4.69, 9.17) is 15.2 Å². The highest BCUT2D eigenvalue weighted by Gasteiger charge is 2.53. The fraction of sp³-hybridized carbons (Fsp3) is 0.775. The van der Waals surface area contributed by atoms with Crippen LogP contribution < -0.4 is 5.73 Å². The molecule has 0 radical (unpaired) electrons. The number of nitrogens with two attached hydrogens (primary N) is 1. The largest absolute Gasteiger partial charge is 0.444 e. The first-order valence-electron chi connectivity index (χ1n) is 19.9. The first kappa shape index (κ1) is 44.6. The molecule has 5 atom stereocenters. The van der Waals surface area contributed by atoms with E-state index in [0.29, 0.717) is 23.3 Å². The minimum Gasteiger partial charge on any atom is -0.444 e. The van der Waals surface area contributed by atoms with Crippen LogP contribution in [0.15, 0.2) is 30.3 Å². The van der Waals surface area contributed by atoms with E-state index in [1.165, 1.54) is 75.5 Å². The van der Waals surface area contributed by atoms with Crippen molar-refractivity contribution >= 4 is 17.9 Å². The highest BCUT2D eigenvalue weighted by molar-refractivity contribution is 5.93. The van der Waals surface area contributed by atoms with Gasteiger partial charge in [-0.25, -0.2) is 9.69 Å². The van der Waals surface area contributed by atoms with E-state index in [1.807, 2.05) is 6.07 Å². The molecule has 1 fully saturated rings. The lowest BCUT2D eigenvalue weighted by Crippen LogP contribution is -2.70. The zero-order valence-electron chi connectivity index (χ0n) is 31.6. The van der Waals surface area contributed by atoms with Crippen molar-refractivity contribution in [1.29, 1.82) is 0 Å². The molecule has 5 N–H and O–H groups in total. The van der Waals surface area contributed by atoms with E-state index in [9.17, 15) is 29.7 Å². The molecule has 51 heavy (non-hydrogen) atoms. The summed E-state index contributed by atoms with van der Waals surface area (Å²) in [5, 5.41) is 32.5. The Labute approximate surface area is 307 Å². The number of carbonyl (C=O) groups excluding carboxylic acids is 3. The summed E-state index contributed by atoms with van der Waals surface area (Å²) in [6.45, 7) is 3.31. The van der Waals surface area contributed by atoms with E-state index < -0.39 is 55.7 Å². The van der Waals surface area contributed by atoms with Gasteiger partial charge in [0, 0.05) is 13.0 Å². The zero-order chi connectivity index (χ0) is 37.3. The van der Waals surface area contributed by atoms with Gasteiger partial charge in [0.1, 0.15) is 31.0 Å². The number of ether oxygens (including phenoxy) is 2. The summed E-state index contributed by atoms with van der Waals surface area (Å²) in [5.41, 5.74) is 6.43. The third-order valence-electron chi connectivity index (χ3n) is 9.88. The molecule has 2 rings (SSSR count). The molecule has 0 aromatic heterocycles. The zero-order valence-corrected chi connectivity index (χ0v) is 31.6. The Hall–Kier alpha value is -2.57. The van der Waals surface area contributed by atoms with Crippen LogP contribution in [-0.4, -0.2) is 93.3 Å². The van der Waals surface area contributed by atoms with E-state index in [1.54, 1.807) is 24.3 Å². The maximum atomic E-state index is 14.0. The van der Waals surface area contributed by atoms with Crippen molar-refractivity contribution < 1.29 is 39.2 Å². The average molecular weight is 720 g/mol. The van der Waals surface area contributed by atoms with Gasteiger partial charge in [-0.2, -0.15) is 0 Å². The second-order valence-electron chi connectivity index (χ2n) is 14.1. The standard InChI is InChI=1S/C40H69N3O8/c1-3-5-7-9-11-13-15-17-19-24-28-42(34(45)27-23-18-16-14-12-10-8-6-4-2)39-36(38(48)37(47)33(30-44)51-39)43(35(46)29-41)40(49)50-31-32-25-21-20-22-26-32/h20-22,25-26,33,36-39,44,47-48H,3-19,23-24,27-31,41H2,1-2H3/t33-,36-,37-,38-,39-/m1/s1. The molecule has 0 aliphatic carbocycles. The topological polar surface area (TPSA) is 163 Å². The monoisotopic (exact) mass is 720 g/mol. The quantitative estimate of drug-likeness (QED) is 0.0735. The van der Waals surface area contributed by atoms with Crippen LogP contribution in [-0.2, 0) is 25.7 Å². The number of rotatable bonds is 27. The van der Waals surface area contributed by atoms with Crippen LogP contribution in [0.25, 0.3) is 0 Å². The molecule has 11 nitrogen and oxygen atoms in total. The first-order valence-corrected chi connectivity index (χ1v) is 19.9. The van der Waals surface area contributed by atoms with Gasteiger partial charge in [0.2, 0.25) is 11.8 Å². The molecule has 1 aliphatic heterocycles. The van der Waals surface area contributed by atoms with Crippen molar-refractivity contribution in [3.05, 3.63) is 35.9 Å². The molecule has 3 amide bonds. The van der Waals surface area contributed by atoms with E-state index in [2.05, 4.69) is 13.8 Å². The van der Waals surface area contributed by atoms with Crippen molar-refractivity contribution in [2.45, 2.75) is 179 Å². The summed E-state index contributed by atoms with van der Waals surface area (Å²) in [4.78, 5) is 43.1. The van der Waals surface area contributed by atoms with Crippen molar-refractivity contribution in [3.63, 3.8) is 0 Å². The lowest BCUT2D eigenvalue weighted by molar-refractivity contribution is -0.244. The van der Waals surface area contributed by atoms with Crippen LogP contribution in [0.4, 0.5) is 4.79 Å². The van der Waals surface area contributed by atoms with Gasteiger partial charge in [0.15, 0.2) is 6.23 Å².